The molecule has 0 aliphatic heterocycles. The second-order valence-electron chi connectivity index (χ2n) is 2.48. The van der Waals surface area contributed by atoms with Gasteiger partial charge in [0.05, 0.1) is 5.69 Å². The van der Waals surface area contributed by atoms with Gasteiger partial charge in [0.2, 0.25) is 0 Å². The predicted octanol–water partition coefficient (Wildman–Crippen LogP) is 0.259. The average Bonchev–Trinajstić information content (AvgIpc) is 2.32. The van der Waals surface area contributed by atoms with Gasteiger partial charge < -0.3 is 10.4 Å². The molecule has 0 aromatic carbocycles. The van der Waals surface area contributed by atoms with Crippen LogP contribution in [0.5, 0.6) is 0 Å². The first kappa shape index (κ1) is 11.9. The fourth-order valence-electron chi connectivity index (χ4n) is 0.994. The van der Waals surface area contributed by atoms with Crippen LogP contribution in [0.25, 0.3) is 0 Å². The quantitative estimate of drug-likeness (QED) is 0.743. The van der Waals surface area contributed by atoms with Crippen molar-refractivity contribution in [1.82, 2.24) is 15.1 Å². The van der Waals surface area contributed by atoms with Crippen LogP contribution in [-0.4, -0.2) is 27.9 Å². The largest absolute Gasteiger partial charge is 0.477 e. The molecule has 0 fully saturated rings. The number of aryl methyl sites for hydroxylation is 1. The van der Waals surface area contributed by atoms with E-state index in [0.29, 0.717) is 6.54 Å². The molecule has 0 saturated carbocycles. The zero-order valence-electron chi connectivity index (χ0n) is 7.44. The fourth-order valence-corrected chi connectivity index (χ4v) is 0.994. The topological polar surface area (TPSA) is 67.2 Å². The molecule has 0 spiro atoms. The zero-order chi connectivity index (χ0) is 9.14. The summed E-state index contributed by atoms with van der Waals surface area (Å²) in [4.78, 5) is 10.6. The number of halogens is 1. The Bertz CT molecular complexity index is 298. The number of carboxylic acid groups (broad SMARTS) is 1. The minimum atomic E-state index is -0.952. The number of carbonyl (C=O) groups is 1. The molecule has 2 N–H and O–H groups in total. The van der Waals surface area contributed by atoms with E-state index in [1.807, 2.05) is 0 Å². The van der Waals surface area contributed by atoms with Gasteiger partial charge in [-0.15, -0.1) is 12.4 Å². The number of hydrogen-bond acceptors (Lipinski definition) is 3. The van der Waals surface area contributed by atoms with Crippen LogP contribution in [0.1, 0.15) is 16.2 Å². The maximum atomic E-state index is 10.6. The summed E-state index contributed by atoms with van der Waals surface area (Å²) in [5, 5.41) is 15.6. The first-order valence-electron chi connectivity index (χ1n) is 3.56. The van der Waals surface area contributed by atoms with Crippen LogP contribution in [-0.2, 0) is 13.6 Å². The van der Waals surface area contributed by atoms with Gasteiger partial charge in [0.25, 0.3) is 0 Å². The van der Waals surface area contributed by atoms with E-state index in [4.69, 9.17) is 5.11 Å². The van der Waals surface area contributed by atoms with Gasteiger partial charge in [0.1, 0.15) is 5.69 Å². The molecular weight excluding hydrogens is 194 g/mol. The summed E-state index contributed by atoms with van der Waals surface area (Å²) in [6, 6.07) is 1.55. The Morgan fingerprint density at radius 3 is 2.77 bits per heavy atom. The van der Waals surface area contributed by atoms with Crippen LogP contribution in [0.3, 0.4) is 0 Å². The van der Waals surface area contributed by atoms with Gasteiger partial charge in [0.15, 0.2) is 0 Å². The molecule has 13 heavy (non-hydrogen) atoms. The summed E-state index contributed by atoms with van der Waals surface area (Å²) in [5.41, 5.74) is 0.942. The van der Waals surface area contributed by atoms with Crippen molar-refractivity contribution >= 4 is 18.4 Å². The summed E-state index contributed by atoms with van der Waals surface area (Å²) >= 11 is 0. The van der Waals surface area contributed by atoms with E-state index in [0.717, 1.165) is 5.69 Å². The highest BCUT2D eigenvalue weighted by molar-refractivity contribution is 5.85. The highest BCUT2D eigenvalue weighted by atomic mass is 35.5. The van der Waals surface area contributed by atoms with E-state index in [1.165, 1.54) is 4.68 Å². The van der Waals surface area contributed by atoms with Crippen LogP contribution in [0.15, 0.2) is 6.07 Å². The Kier molecular flexibility index (Phi) is 4.44. The van der Waals surface area contributed by atoms with Crippen LogP contribution in [0.2, 0.25) is 0 Å². The number of carboxylic acids is 1. The van der Waals surface area contributed by atoms with Crippen LogP contribution < -0.4 is 5.32 Å². The second-order valence-corrected chi connectivity index (χ2v) is 2.48. The molecule has 74 valence electrons. The monoisotopic (exact) mass is 205 g/mol. The van der Waals surface area contributed by atoms with Gasteiger partial charge in [-0.2, -0.15) is 5.10 Å². The van der Waals surface area contributed by atoms with Crippen molar-refractivity contribution in [1.29, 1.82) is 0 Å². The van der Waals surface area contributed by atoms with Gasteiger partial charge >= 0.3 is 5.97 Å². The highest BCUT2D eigenvalue weighted by Crippen LogP contribution is 2.02. The zero-order valence-corrected chi connectivity index (χ0v) is 8.26. The first-order valence-corrected chi connectivity index (χ1v) is 3.56. The predicted molar refractivity (Wildman–Crippen MR) is 50.2 cm³/mol. The molecule has 1 aromatic rings. The number of rotatable bonds is 3. The molecule has 6 heteroatoms. The number of aromatic carboxylic acids is 1. The van der Waals surface area contributed by atoms with Gasteiger partial charge in [-0.3, -0.25) is 4.68 Å². The summed E-state index contributed by atoms with van der Waals surface area (Å²) in [6.45, 7) is 0.584. The second kappa shape index (κ2) is 4.84. The standard InChI is InChI=1S/C7H11N3O2.ClH/c1-8-4-5-3-6(7(11)12)10(2)9-5;/h3,8H,4H2,1-2H3,(H,11,12);1H. The van der Waals surface area contributed by atoms with Crippen LogP contribution >= 0.6 is 12.4 Å². The van der Waals surface area contributed by atoms with Gasteiger partial charge in [-0.05, 0) is 13.1 Å². The molecule has 0 aliphatic carbocycles. The Labute approximate surface area is 82.2 Å². The molecule has 1 aromatic heterocycles. The molecule has 0 radical (unpaired) electrons. The lowest BCUT2D eigenvalue weighted by atomic mass is 10.3. The van der Waals surface area contributed by atoms with Crippen molar-refractivity contribution in [3.05, 3.63) is 17.5 Å². The molecule has 1 rings (SSSR count). The van der Waals surface area contributed by atoms with E-state index < -0.39 is 5.97 Å². The summed E-state index contributed by atoms with van der Waals surface area (Å²) < 4.78 is 1.36. The lowest BCUT2D eigenvalue weighted by Gasteiger charge is -1.91. The minimum absolute atomic E-state index is 0. The van der Waals surface area contributed by atoms with Crippen molar-refractivity contribution in [2.75, 3.05) is 7.05 Å². The normalized spacial score (nSPS) is 9.38. The van der Waals surface area contributed by atoms with Crippen molar-refractivity contribution in [2.24, 2.45) is 7.05 Å². The maximum Gasteiger partial charge on any atom is 0.354 e. The summed E-state index contributed by atoms with van der Waals surface area (Å²) in [7, 11) is 3.40. The molecule has 0 bridgehead atoms. The average molecular weight is 206 g/mol. The van der Waals surface area contributed by atoms with Crippen molar-refractivity contribution in [3.8, 4) is 0 Å². The summed E-state index contributed by atoms with van der Waals surface area (Å²) in [6.07, 6.45) is 0. The van der Waals surface area contributed by atoms with E-state index in [2.05, 4.69) is 10.4 Å². The molecule has 5 nitrogen and oxygen atoms in total. The molecule has 0 aliphatic rings. The van der Waals surface area contributed by atoms with E-state index in [1.54, 1.807) is 20.2 Å². The van der Waals surface area contributed by atoms with E-state index >= 15 is 0 Å². The Morgan fingerprint density at radius 1 is 1.77 bits per heavy atom. The van der Waals surface area contributed by atoms with Crippen molar-refractivity contribution in [3.63, 3.8) is 0 Å². The molecule has 0 atom stereocenters. The van der Waals surface area contributed by atoms with Crippen LogP contribution in [0.4, 0.5) is 0 Å². The van der Waals surface area contributed by atoms with Crippen LogP contribution in [0, 0.1) is 0 Å². The Morgan fingerprint density at radius 2 is 2.38 bits per heavy atom. The third kappa shape index (κ3) is 2.71. The molecule has 0 unspecified atom stereocenters. The fraction of sp³-hybridized carbons (Fsp3) is 0.429. The lowest BCUT2D eigenvalue weighted by molar-refractivity contribution is 0.0685. The van der Waals surface area contributed by atoms with Gasteiger partial charge in [0, 0.05) is 13.6 Å². The van der Waals surface area contributed by atoms with Crippen molar-refractivity contribution in [2.45, 2.75) is 6.54 Å². The molecule has 1 heterocycles. The number of nitrogens with zero attached hydrogens (tertiary/aromatic N) is 2. The third-order valence-electron chi connectivity index (χ3n) is 1.51. The molecule has 0 amide bonds. The SMILES string of the molecule is CNCc1cc(C(=O)O)n(C)n1.Cl. The smallest absolute Gasteiger partial charge is 0.354 e. The Hall–Kier alpha value is -1.07. The number of nitrogens with one attached hydrogen (secondary N) is 1. The van der Waals surface area contributed by atoms with Gasteiger partial charge in [-0.1, -0.05) is 0 Å². The summed E-state index contributed by atoms with van der Waals surface area (Å²) in [5.74, 6) is -0.952. The lowest BCUT2D eigenvalue weighted by Crippen LogP contribution is -2.06. The minimum Gasteiger partial charge on any atom is -0.477 e. The molecule has 0 saturated heterocycles. The maximum absolute atomic E-state index is 10.6. The highest BCUT2D eigenvalue weighted by Gasteiger charge is 2.10. The Balaban J connectivity index is 0.00000144. The first-order chi connectivity index (χ1) is 5.65. The number of aromatic nitrogens is 2. The van der Waals surface area contributed by atoms with Gasteiger partial charge in [-0.25, -0.2) is 4.79 Å². The van der Waals surface area contributed by atoms with Crippen molar-refractivity contribution < 1.29 is 9.90 Å². The van der Waals surface area contributed by atoms with E-state index in [-0.39, 0.29) is 18.1 Å². The third-order valence-corrected chi connectivity index (χ3v) is 1.51. The number of hydrogen-bond donors (Lipinski definition) is 2. The van der Waals surface area contributed by atoms with E-state index in [9.17, 15) is 4.79 Å². The molecular formula is C7H12ClN3O2.